The van der Waals surface area contributed by atoms with E-state index in [4.69, 9.17) is 23.8 Å². The number of thiophene rings is 1. The fourth-order valence-electron chi connectivity index (χ4n) is 10.5. The van der Waals surface area contributed by atoms with Crippen LogP contribution in [0.25, 0.3) is 132 Å². The molecule has 0 bridgehead atoms. The van der Waals surface area contributed by atoms with Crippen LogP contribution in [-0.2, 0) is 5.41 Å². The second kappa shape index (κ2) is 13.9. The molecule has 1 aliphatic rings. The monoisotopic (exact) mass is 863 g/mol. The van der Waals surface area contributed by atoms with Crippen LogP contribution in [0.1, 0.15) is 25.0 Å². The third-order valence-corrected chi connectivity index (χ3v) is 14.9. The summed E-state index contributed by atoms with van der Waals surface area (Å²) in [5.41, 5.74) is 15.8. The van der Waals surface area contributed by atoms with Gasteiger partial charge in [0.1, 0.15) is 22.3 Å². The smallest absolute Gasteiger partial charge is 0.164 e. The summed E-state index contributed by atoms with van der Waals surface area (Å²) in [6, 6.07) is 66.7. The lowest BCUT2D eigenvalue weighted by Gasteiger charge is -2.22. The van der Waals surface area contributed by atoms with E-state index < -0.39 is 0 Å². The van der Waals surface area contributed by atoms with Crippen molar-refractivity contribution in [3.8, 4) is 67.5 Å². The van der Waals surface area contributed by atoms with Crippen LogP contribution in [0.4, 0.5) is 0 Å². The minimum Gasteiger partial charge on any atom is -0.456 e. The highest BCUT2D eigenvalue weighted by Gasteiger charge is 2.35. The van der Waals surface area contributed by atoms with Crippen LogP contribution in [0.5, 0.6) is 0 Å². The summed E-state index contributed by atoms with van der Waals surface area (Å²) in [4.78, 5) is 15.9. The molecule has 4 heterocycles. The SMILES string of the molecule is CC1(C)c2ccccc2-c2ccc(-c3cccc(-c4ccc5oc6cccc(-c7nc(-c8ccc9c(c8)sc8ccccc89)nc(-c8cccc9oc%10ccccc%10c89)n7)c6c5c4)c3)cc21. The largest absolute Gasteiger partial charge is 0.456 e. The van der Waals surface area contributed by atoms with Gasteiger partial charge in [0.05, 0.1) is 0 Å². The molecule has 0 N–H and O–H groups in total. The number of benzene rings is 9. The van der Waals surface area contributed by atoms with Crippen LogP contribution in [-0.4, -0.2) is 15.0 Å². The molecule has 0 spiro atoms. The van der Waals surface area contributed by atoms with E-state index in [0.29, 0.717) is 17.5 Å². The van der Waals surface area contributed by atoms with Crippen molar-refractivity contribution in [1.29, 1.82) is 0 Å². The normalized spacial score (nSPS) is 13.1. The van der Waals surface area contributed by atoms with Gasteiger partial charge in [-0.25, -0.2) is 15.0 Å². The summed E-state index contributed by atoms with van der Waals surface area (Å²) in [6.45, 7) is 4.67. The molecule has 0 amide bonds. The van der Waals surface area contributed by atoms with Crippen molar-refractivity contribution >= 4 is 75.4 Å². The number of hydrogen-bond donors (Lipinski definition) is 0. The molecule has 1 aliphatic carbocycles. The molecule has 66 heavy (non-hydrogen) atoms. The second-order valence-corrected chi connectivity index (χ2v) is 19.0. The Morgan fingerprint density at radius 1 is 0.348 bits per heavy atom. The molecule has 6 heteroatoms. The number of fused-ring (bicyclic) bond motifs is 12. The number of aromatic nitrogens is 3. The Bertz CT molecular complexity index is 4170. The molecule has 4 aromatic heterocycles. The molecular weight excluding hydrogens is 827 g/mol. The Kier molecular flexibility index (Phi) is 7.84. The summed E-state index contributed by atoms with van der Waals surface area (Å²) in [7, 11) is 0. The summed E-state index contributed by atoms with van der Waals surface area (Å²) in [5.74, 6) is 1.74. The number of rotatable bonds is 5. The molecule has 0 saturated heterocycles. The van der Waals surface area contributed by atoms with Crippen LogP contribution < -0.4 is 0 Å². The Morgan fingerprint density at radius 3 is 1.70 bits per heavy atom. The molecule has 0 unspecified atom stereocenters. The molecule has 0 aliphatic heterocycles. The fraction of sp³-hybridized carbons (Fsp3) is 0.0500. The van der Waals surface area contributed by atoms with Gasteiger partial charge in [0.2, 0.25) is 0 Å². The molecule has 9 aromatic carbocycles. The van der Waals surface area contributed by atoms with E-state index in [2.05, 4.69) is 159 Å². The van der Waals surface area contributed by atoms with Gasteiger partial charge < -0.3 is 8.83 Å². The molecular formula is C60H37N3O2S. The van der Waals surface area contributed by atoms with Gasteiger partial charge in [-0.1, -0.05) is 147 Å². The maximum atomic E-state index is 6.61. The van der Waals surface area contributed by atoms with Crippen molar-refractivity contribution in [3.63, 3.8) is 0 Å². The Balaban J connectivity index is 0.931. The van der Waals surface area contributed by atoms with E-state index in [0.717, 1.165) is 71.7 Å². The predicted octanol–water partition coefficient (Wildman–Crippen LogP) is 16.7. The Hall–Kier alpha value is -8.19. The van der Waals surface area contributed by atoms with Gasteiger partial charge in [-0.3, -0.25) is 0 Å². The quantitative estimate of drug-likeness (QED) is 0.172. The second-order valence-electron chi connectivity index (χ2n) is 17.9. The van der Waals surface area contributed by atoms with Gasteiger partial charge in [-0.05, 0) is 99.1 Å². The highest BCUT2D eigenvalue weighted by atomic mass is 32.1. The van der Waals surface area contributed by atoms with Crippen LogP contribution in [0.3, 0.4) is 0 Å². The van der Waals surface area contributed by atoms with E-state index in [1.165, 1.54) is 53.6 Å². The highest BCUT2D eigenvalue weighted by molar-refractivity contribution is 7.25. The van der Waals surface area contributed by atoms with E-state index in [1.54, 1.807) is 11.3 Å². The number of nitrogens with zero attached hydrogens (tertiary/aromatic N) is 3. The van der Waals surface area contributed by atoms with Crippen LogP contribution in [0.15, 0.2) is 197 Å². The molecule has 0 radical (unpaired) electrons. The van der Waals surface area contributed by atoms with E-state index in [1.807, 2.05) is 42.5 Å². The first kappa shape index (κ1) is 37.2. The first-order valence-electron chi connectivity index (χ1n) is 22.3. The van der Waals surface area contributed by atoms with Crippen LogP contribution in [0, 0.1) is 0 Å². The van der Waals surface area contributed by atoms with Gasteiger partial charge in [0, 0.05) is 63.8 Å². The summed E-state index contributed by atoms with van der Waals surface area (Å²) >= 11 is 1.79. The first-order chi connectivity index (χ1) is 32.4. The number of hydrogen-bond acceptors (Lipinski definition) is 6. The maximum absolute atomic E-state index is 6.61. The van der Waals surface area contributed by atoms with Crippen molar-refractivity contribution in [2.45, 2.75) is 19.3 Å². The zero-order chi connectivity index (χ0) is 43.7. The van der Waals surface area contributed by atoms with Gasteiger partial charge in [0.25, 0.3) is 0 Å². The summed E-state index contributed by atoms with van der Waals surface area (Å²) < 4.78 is 15.4. The van der Waals surface area contributed by atoms with Crippen molar-refractivity contribution in [1.82, 2.24) is 15.0 Å². The molecule has 13 aromatic rings. The van der Waals surface area contributed by atoms with Crippen LogP contribution >= 0.6 is 11.3 Å². The van der Waals surface area contributed by atoms with Crippen molar-refractivity contribution in [2.24, 2.45) is 0 Å². The van der Waals surface area contributed by atoms with Crippen LogP contribution in [0.2, 0.25) is 0 Å². The van der Waals surface area contributed by atoms with Gasteiger partial charge in [-0.15, -0.1) is 11.3 Å². The van der Waals surface area contributed by atoms with E-state index in [-0.39, 0.29) is 5.41 Å². The standard InChI is InChI=1S/C60H37N3O2S/c1-60(2)47-19-6-3-14-39(47)40-27-24-37(32-48(40)60)35-13-9-12-34(30-35)36-26-29-50-46(31-36)56-45(18-11-22-52(56)65-50)59-62-57(38-25-28-42-41-15-5-8-23-53(41)66-54(42)33-38)61-58(63-59)44-17-10-21-51-55(44)43-16-4-7-20-49(43)64-51/h3-33H,1-2H3. The predicted molar refractivity (Wildman–Crippen MR) is 272 cm³/mol. The molecule has 5 nitrogen and oxygen atoms in total. The van der Waals surface area contributed by atoms with Crippen molar-refractivity contribution < 1.29 is 8.83 Å². The van der Waals surface area contributed by atoms with E-state index in [9.17, 15) is 0 Å². The molecule has 310 valence electrons. The minimum absolute atomic E-state index is 0.0710. The Morgan fingerprint density at radius 2 is 0.894 bits per heavy atom. The maximum Gasteiger partial charge on any atom is 0.164 e. The molecule has 0 fully saturated rings. The highest BCUT2D eigenvalue weighted by Crippen LogP contribution is 2.50. The first-order valence-corrected chi connectivity index (χ1v) is 23.1. The number of para-hydroxylation sites is 1. The summed E-state index contributed by atoms with van der Waals surface area (Å²) in [6.07, 6.45) is 0. The van der Waals surface area contributed by atoms with Crippen molar-refractivity contribution in [2.75, 3.05) is 0 Å². The van der Waals surface area contributed by atoms with E-state index >= 15 is 0 Å². The van der Waals surface area contributed by atoms with Gasteiger partial charge in [0.15, 0.2) is 17.5 Å². The molecule has 0 saturated carbocycles. The van der Waals surface area contributed by atoms with Gasteiger partial charge >= 0.3 is 0 Å². The average molecular weight is 864 g/mol. The minimum atomic E-state index is -0.0710. The third kappa shape index (κ3) is 5.55. The molecule has 14 rings (SSSR count). The average Bonchev–Trinajstić information content (AvgIpc) is 4.11. The Labute approximate surface area is 383 Å². The topological polar surface area (TPSA) is 65.0 Å². The zero-order valence-electron chi connectivity index (χ0n) is 36.0. The third-order valence-electron chi connectivity index (χ3n) is 13.8. The zero-order valence-corrected chi connectivity index (χ0v) is 36.8. The van der Waals surface area contributed by atoms with Gasteiger partial charge in [-0.2, -0.15) is 0 Å². The lowest BCUT2D eigenvalue weighted by Crippen LogP contribution is -2.14. The number of furan rings is 2. The lowest BCUT2D eigenvalue weighted by atomic mass is 9.81. The fourth-order valence-corrected chi connectivity index (χ4v) is 11.7. The lowest BCUT2D eigenvalue weighted by molar-refractivity contribution is 0.660. The van der Waals surface area contributed by atoms with Crippen molar-refractivity contribution in [3.05, 3.63) is 199 Å². The molecule has 0 atom stereocenters. The summed E-state index contributed by atoms with van der Waals surface area (Å²) in [5, 5.41) is 6.43.